The summed E-state index contributed by atoms with van der Waals surface area (Å²) in [4.78, 5) is 97.0. The van der Waals surface area contributed by atoms with Gasteiger partial charge >= 0.3 is 11.9 Å². The highest BCUT2D eigenvalue weighted by molar-refractivity contribution is 8.14. The van der Waals surface area contributed by atoms with E-state index in [1.54, 1.807) is 36.4 Å². The van der Waals surface area contributed by atoms with E-state index in [9.17, 15) is 19.2 Å². The summed E-state index contributed by atoms with van der Waals surface area (Å²) in [5, 5.41) is 4.42. The van der Waals surface area contributed by atoms with Crippen molar-refractivity contribution < 1.29 is 46.3 Å². The first-order valence-corrected chi connectivity index (χ1v) is 42.6. The zero-order chi connectivity index (χ0) is 86.4. The van der Waals surface area contributed by atoms with Crippen molar-refractivity contribution in [2.45, 2.75) is 146 Å². The number of anilines is 4. The normalized spacial score (nSPS) is 11.7. The van der Waals surface area contributed by atoms with Crippen LogP contribution < -0.4 is 19.6 Å². The van der Waals surface area contributed by atoms with E-state index in [1.165, 1.54) is 23.5 Å². The van der Waals surface area contributed by atoms with Crippen LogP contribution in [-0.4, -0.2) is 138 Å². The molecule has 16 rings (SSSR count). The Morgan fingerprint density at radius 2 is 0.636 bits per heavy atom. The van der Waals surface area contributed by atoms with E-state index >= 15 is 0 Å². The van der Waals surface area contributed by atoms with Crippen LogP contribution in [0.15, 0.2) is 212 Å². The van der Waals surface area contributed by atoms with Gasteiger partial charge in [-0.1, -0.05) is 131 Å². The van der Waals surface area contributed by atoms with Crippen LogP contribution in [0.1, 0.15) is 152 Å². The van der Waals surface area contributed by atoms with Crippen LogP contribution in [0, 0.1) is 5.92 Å². The van der Waals surface area contributed by atoms with Gasteiger partial charge in [-0.05, 0) is 209 Å². The summed E-state index contributed by atoms with van der Waals surface area (Å²) in [5.74, 6) is 5.86. The Hall–Kier alpha value is -12.5. The molecule has 0 bridgehead atoms. The van der Waals surface area contributed by atoms with Crippen molar-refractivity contribution in [1.29, 1.82) is 0 Å². The van der Waals surface area contributed by atoms with Crippen molar-refractivity contribution in [3.8, 4) is 45.8 Å². The SMILES string of the molecule is CC(C)COC(=O)c1ccc2nc(-c3cc4ccccc4o3)c(N(C)C(C)C)nc2c1.CC(C)N(C)c1nc2cc(C(=O)OC(C)(C)C)ccc2nc1-c1cc2ccccc2o1.CC(C)SC(=O)c1ccc2nc(-c3cc4ccccc4o3)c(N(C)C(C)C)nc2c1.CCSC(=O)c1ccc2nc(-c3cc4ccccc4o3)c(N(C)C(C)C)nc2c1. The fourth-order valence-corrected chi connectivity index (χ4v) is 14.1. The Balaban J connectivity index is 0.000000139. The Morgan fingerprint density at radius 1 is 0.355 bits per heavy atom. The molecule has 8 aromatic carbocycles. The minimum Gasteiger partial charge on any atom is -0.462 e. The molecule has 0 radical (unpaired) electrons. The van der Waals surface area contributed by atoms with Gasteiger partial charge in [0.25, 0.3) is 0 Å². The lowest BCUT2D eigenvalue weighted by molar-refractivity contribution is 0.00690. The zero-order valence-corrected chi connectivity index (χ0v) is 73.8. The Kier molecular flexibility index (Phi) is 26.4. The number of carbonyl (C=O) groups is 4. The molecule has 16 aromatic rings. The minimum atomic E-state index is -0.564. The lowest BCUT2D eigenvalue weighted by atomic mass is 10.1. The number of benzene rings is 8. The second kappa shape index (κ2) is 37.0. The molecule has 0 aliphatic carbocycles. The van der Waals surface area contributed by atoms with Gasteiger partial charge in [0.1, 0.15) is 50.7 Å². The Morgan fingerprint density at radius 3 is 0.909 bits per heavy atom. The third kappa shape index (κ3) is 20.0. The predicted molar refractivity (Wildman–Crippen MR) is 493 cm³/mol. The molecule has 0 fully saturated rings. The standard InChI is InChI=1S/2C25H27N3O3.C24H25N3O2S.C23H23N3O2S/c1-15(2)28(6)23-22(21-14-16-9-7-8-10-20(16)30-21)26-18-12-11-17(13-19(18)27-23)24(29)31-25(3,4)5;1-15(2)14-30-25(29)18-10-11-19-20(12-18)27-24(28(5)16(3)4)23(26-19)22-13-17-8-6-7-9-21(17)31-22;1-14(2)27(5)23-22(21-13-16-8-6-7-9-20(16)29-21)25-18-11-10-17(12-19(18)26-23)24(28)30-15(3)4;1-5-29-23(27)16-10-11-17-18(12-16)25-22(26(4)14(2)3)21(24-17)20-13-15-8-6-7-9-19(15)28-20/h7-15H,1-6H3;6-13,15-16H,14H2,1-5H3;6-15H,1-5H3;6-14H,5H2,1-4H3. The maximum atomic E-state index is 12.5. The molecule has 22 nitrogen and oxygen atoms in total. The Labute approximate surface area is 712 Å². The van der Waals surface area contributed by atoms with Crippen LogP contribution in [-0.2, 0) is 9.47 Å². The van der Waals surface area contributed by atoms with Crippen molar-refractivity contribution in [1.82, 2.24) is 39.9 Å². The highest BCUT2D eigenvalue weighted by Crippen LogP contribution is 2.40. The molecule has 8 aromatic heterocycles. The third-order valence-corrected chi connectivity index (χ3v) is 21.9. The molecular weight excluding hydrogens is 1560 g/mol. The molecular formula is C97H102N12O10S2. The molecule has 8 heterocycles. The summed E-state index contributed by atoms with van der Waals surface area (Å²) in [6.45, 7) is 32.7. The number of carbonyl (C=O) groups excluding carboxylic acids is 4. The maximum Gasteiger partial charge on any atom is 0.338 e. The second-order valence-electron chi connectivity index (χ2n) is 32.5. The molecule has 0 N–H and O–H groups in total. The number of furan rings is 4. The summed E-state index contributed by atoms with van der Waals surface area (Å²) in [5.41, 5.74) is 13.2. The summed E-state index contributed by atoms with van der Waals surface area (Å²) in [7, 11) is 7.95. The van der Waals surface area contributed by atoms with Gasteiger partial charge in [-0.25, -0.2) is 49.5 Å². The molecule has 0 atom stereocenters. The van der Waals surface area contributed by atoms with Gasteiger partial charge in [0.05, 0.1) is 61.9 Å². The fraction of sp³-hybridized carbons (Fsp3) is 0.299. The molecule has 0 unspecified atom stereocenters. The molecule has 0 spiro atoms. The van der Waals surface area contributed by atoms with Gasteiger partial charge in [-0.15, -0.1) is 0 Å². The predicted octanol–water partition coefficient (Wildman–Crippen LogP) is 23.5. The van der Waals surface area contributed by atoms with E-state index in [4.69, 9.17) is 67.0 Å². The van der Waals surface area contributed by atoms with Gasteiger partial charge in [0.2, 0.25) is 10.2 Å². The van der Waals surface area contributed by atoms with Crippen LogP contribution in [0.2, 0.25) is 0 Å². The molecule has 0 amide bonds. The number of nitrogens with zero attached hydrogens (tertiary/aromatic N) is 12. The minimum absolute atomic E-state index is 0.0498. The van der Waals surface area contributed by atoms with Gasteiger partial charge in [-0.2, -0.15) is 0 Å². The van der Waals surface area contributed by atoms with Crippen LogP contribution in [0.4, 0.5) is 23.3 Å². The van der Waals surface area contributed by atoms with Crippen LogP contribution in [0.5, 0.6) is 0 Å². The first kappa shape index (κ1) is 86.3. The van der Waals surface area contributed by atoms with Crippen molar-refractivity contribution in [2.75, 3.05) is 60.2 Å². The van der Waals surface area contributed by atoms with E-state index in [2.05, 4.69) is 75.0 Å². The molecule has 0 aliphatic rings. The molecule has 0 saturated carbocycles. The fourth-order valence-electron chi connectivity index (χ4n) is 12.9. The second-order valence-corrected chi connectivity index (χ2v) is 35.3. The third-order valence-electron chi connectivity index (χ3n) is 20.2. The number of hydrogen-bond acceptors (Lipinski definition) is 24. The number of hydrogen-bond donors (Lipinski definition) is 0. The van der Waals surface area contributed by atoms with Gasteiger partial charge in [-0.3, -0.25) is 9.59 Å². The van der Waals surface area contributed by atoms with Crippen LogP contribution >= 0.6 is 23.5 Å². The number of ether oxygens (including phenoxy) is 2. The van der Waals surface area contributed by atoms with Crippen molar-refractivity contribution in [3.05, 3.63) is 216 Å². The summed E-state index contributed by atoms with van der Waals surface area (Å²) in [6.07, 6.45) is 0. The van der Waals surface area contributed by atoms with Gasteiger partial charge in [0, 0.05) is 90.3 Å². The molecule has 24 heteroatoms. The summed E-state index contributed by atoms with van der Waals surface area (Å²) < 4.78 is 35.2. The Bertz CT molecular complexity index is 6370. The number of aromatic nitrogens is 8. The number of esters is 2. The number of thioether (sulfide) groups is 2. The van der Waals surface area contributed by atoms with E-state index in [1.807, 2.05) is 241 Å². The van der Waals surface area contributed by atoms with Crippen LogP contribution in [0.25, 0.3) is 134 Å². The van der Waals surface area contributed by atoms with E-state index in [0.29, 0.717) is 119 Å². The van der Waals surface area contributed by atoms with Gasteiger partial charge in [0.15, 0.2) is 46.3 Å². The lowest BCUT2D eigenvalue weighted by Gasteiger charge is -2.24. The smallest absolute Gasteiger partial charge is 0.338 e. The molecule has 0 saturated heterocycles. The zero-order valence-electron chi connectivity index (χ0n) is 72.1. The van der Waals surface area contributed by atoms with Crippen molar-refractivity contribution in [2.24, 2.45) is 5.92 Å². The van der Waals surface area contributed by atoms with E-state index in [-0.39, 0.29) is 57.5 Å². The average molecular weight is 1660 g/mol. The quantitative estimate of drug-likeness (QED) is 0.0642. The van der Waals surface area contributed by atoms with E-state index in [0.717, 1.165) is 72.3 Å². The topological polar surface area (TPSA) is 255 Å². The summed E-state index contributed by atoms with van der Waals surface area (Å²) >= 11 is 2.62. The number of rotatable bonds is 20. The number of fused-ring (bicyclic) bond motifs is 8. The van der Waals surface area contributed by atoms with Crippen molar-refractivity contribution >= 4 is 157 Å². The maximum absolute atomic E-state index is 12.5. The first-order valence-electron chi connectivity index (χ1n) is 40.7. The largest absolute Gasteiger partial charge is 0.462 e. The highest BCUT2D eigenvalue weighted by atomic mass is 32.2. The van der Waals surface area contributed by atoms with Gasteiger partial charge < -0.3 is 46.7 Å². The highest BCUT2D eigenvalue weighted by Gasteiger charge is 2.28. The lowest BCUT2D eigenvalue weighted by Crippen LogP contribution is -2.27. The molecule has 0 aliphatic heterocycles. The average Bonchev–Trinajstić information content (AvgIpc) is 1.76. The van der Waals surface area contributed by atoms with E-state index < -0.39 is 5.60 Å². The van der Waals surface area contributed by atoms with Crippen molar-refractivity contribution in [3.63, 3.8) is 0 Å². The summed E-state index contributed by atoms with van der Waals surface area (Å²) in [6, 6.07) is 61.9. The first-order chi connectivity index (χ1) is 57.8. The number of para-hydroxylation sites is 4. The monoisotopic (exact) mass is 1660 g/mol. The molecule has 622 valence electrons. The van der Waals surface area contributed by atoms with Crippen LogP contribution in [0.3, 0.4) is 0 Å². The molecule has 121 heavy (non-hydrogen) atoms.